The van der Waals surface area contributed by atoms with Gasteiger partial charge in [0.2, 0.25) is 11.8 Å². The number of nitrogens with one attached hydrogen (secondary N) is 2. The molecule has 52 heavy (non-hydrogen) atoms. The Morgan fingerprint density at radius 3 is 1.38 bits per heavy atom. The first-order valence-corrected chi connectivity index (χ1v) is 24.3. The fraction of sp³-hybridized carbons (Fsp3) is 0.902. The molecule has 292 valence electrons. The van der Waals surface area contributed by atoms with E-state index in [0.29, 0.717) is 22.0 Å². The van der Waals surface area contributed by atoms with Crippen LogP contribution in [0.5, 0.6) is 0 Å². The molecular weight excluding hydrogens is 713 g/mol. The van der Waals surface area contributed by atoms with E-state index in [1.807, 2.05) is 29.8 Å². The van der Waals surface area contributed by atoms with Gasteiger partial charge in [0.25, 0.3) is 0 Å². The molecule has 4 unspecified atom stereocenters. The Kier molecular flexibility index (Phi) is 13.4. The molecule has 8 nitrogen and oxygen atoms in total. The van der Waals surface area contributed by atoms with Crippen LogP contribution in [0.2, 0.25) is 0 Å². The van der Waals surface area contributed by atoms with Gasteiger partial charge in [-0.1, -0.05) is 0 Å². The third-order valence-corrected chi connectivity index (χ3v) is 17.8. The molecule has 8 bridgehead atoms. The Labute approximate surface area is 325 Å². The number of ketones is 2. The van der Waals surface area contributed by atoms with Crippen molar-refractivity contribution in [2.75, 3.05) is 44.0 Å². The fourth-order valence-electron chi connectivity index (χ4n) is 12.4. The number of thioether (sulfide) groups is 3. The Bertz CT molecular complexity index is 1220. The van der Waals surface area contributed by atoms with Crippen molar-refractivity contribution in [1.82, 2.24) is 10.6 Å². The van der Waals surface area contributed by atoms with Crippen molar-refractivity contribution in [1.29, 1.82) is 0 Å². The third-order valence-electron chi connectivity index (χ3n) is 14.1. The minimum Gasteiger partial charge on any atom is -0.355 e. The normalized spacial score (nSPS) is 37.7. The molecule has 9 fully saturated rings. The summed E-state index contributed by atoms with van der Waals surface area (Å²) in [6.07, 6.45) is 22.3. The quantitative estimate of drug-likeness (QED) is 0.0882. The molecule has 0 aromatic rings. The van der Waals surface area contributed by atoms with Gasteiger partial charge in [-0.25, -0.2) is 0 Å². The van der Waals surface area contributed by atoms with Crippen molar-refractivity contribution in [3.63, 3.8) is 0 Å². The van der Waals surface area contributed by atoms with E-state index < -0.39 is 0 Å². The molecule has 4 atom stereocenters. The van der Waals surface area contributed by atoms with E-state index in [2.05, 4.69) is 16.9 Å². The average molecular weight is 777 g/mol. The topological polar surface area (TPSA) is 111 Å². The first kappa shape index (κ1) is 39.5. The van der Waals surface area contributed by atoms with Crippen molar-refractivity contribution >= 4 is 58.7 Å². The second-order valence-corrected chi connectivity index (χ2v) is 21.6. The summed E-state index contributed by atoms with van der Waals surface area (Å²) < 4.78 is 11.2. The van der Waals surface area contributed by atoms with Crippen LogP contribution in [0, 0.1) is 47.3 Å². The molecule has 9 aliphatic rings. The number of ether oxygens (including phenoxy) is 2. The molecule has 9 saturated carbocycles. The number of amides is 2. The van der Waals surface area contributed by atoms with Crippen molar-refractivity contribution in [2.24, 2.45) is 47.3 Å². The summed E-state index contributed by atoms with van der Waals surface area (Å²) in [7, 11) is 0. The number of hydrogen-bond acceptors (Lipinski definition) is 9. The second kappa shape index (κ2) is 17.6. The smallest absolute Gasteiger partial charge is 0.224 e. The summed E-state index contributed by atoms with van der Waals surface area (Å²) in [6.45, 7) is 0.489. The highest BCUT2D eigenvalue weighted by molar-refractivity contribution is 8.03. The maximum atomic E-state index is 13.8. The summed E-state index contributed by atoms with van der Waals surface area (Å²) in [4.78, 5) is 53.3. The van der Waals surface area contributed by atoms with Gasteiger partial charge in [-0.15, -0.1) is 0 Å². The van der Waals surface area contributed by atoms with Crippen molar-refractivity contribution < 1.29 is 28.7 Å². The van der Waals surface area contributed by atoms with Crippen LogP contribution in [-0.2, 0) is 28.7 Å². The summed E-state index contributed by atoms with van der Waals surface area (Å²) in [5.41, 5.74) is -0.0877. The summed E-state index contributed by atoms with van der Waals surface area (Å²) >= 11 is 5.43. The molecule has 0 spiro atoms. The van der Waals surface area contributed by atoms with E-state index in [1.54, 1.807) is 11.8 Å². The first-order valence-electron chi connectivity index (χ1n) is 20.6. The minimum atomic E-state index is -0.310. The number of hydrogen-bond donors (Lipinski definition) is 2. The standard InChI is InChI=1S/C41H64N2O6S3/c1-50-23-32(38(46)42-40-17-26-9-27(18-40)11-28(10-26)19-40)15-34(44)5-7-48-25-49-8-6-35(45)16-33(24-52-37-4-3-36(37)51-2)39(47)43-41-20-29-12-30(21-41)14-31(13-29)22-41/h26-33,36-37H,3-25H2,1-2H3,(H,42,46)(H,43,47). The fourth-order valence-corrected chi connectivity index (χ4v) is 15.8. The molecule has 0 heterocycles. The predicted molar refractivity (Wildman–Crippen MR) is 211 cm³/mol. The lowest BCUT2D eigenvalue weighted by atomic mass is 9.53. The largest absolute Gasteiger partial charge is 0.355 e. The third kappa shape index (κ3) is 9.78. The van der Waals surface area contributed by atoms with Gasteiger partial charge in [0.05, 0.1) is 25.0 Å². The lowest BCUT2D eigenvalue weighted by Crippen LogP contribution is -2.61. The van der Waals surface area contributed by atoms with Gasteiger partial charge in [0, 0.05) is 58.8 Å². The zero-order chi connectivity index (χ0) is 36.3. The highest BCUT2D eigenvalue weighted by Crippen LogP contribution is 2.57. The first-order chi connectivity index (χ1) is 25.1. The number of rotatable bonds is 22. The van der Waals surface area contributed by atoms with E-state index in [0.717, 1.165) is 74.0 Å². The van der Waals surface area contributed by atoms with Crippen LogP contribution in [0.1, 0.15) is 116 Å². The van der Waals surface area contributed by atoms with Gasteiger partial charge in [-0.3, -0.25) is 19.2 Å². The van der Waals surface area contributed by atoms with E-state index in [4.69, 9.17) is 9.47 Å². The SMILES string of the molecule is CSCC(CC(=O)CCOCOCCC(=O)CC(CSC1CCC1SC)C(=O)NC12CC3CC(CC(C3)C1)C2)C(=O)NC12CC3CC(CC(C3)C1)C2. The highest BCUT2D eigenvalue weighted by atomic mass is 32.2. The Hall–Kier alpha value is -0.750. The van der Waals surface area contributed by atoms with Crippen molar-refractivity contribution in [3.8, 4) is 0 Å². The van der Waals surface area contributed by atoms with E-state index in [1.165, 1.54) is 51.4 Å². The summed E-state index contributed by atoms with van der Waals surface area (Å²) in [5.74, 6) is 5.53. The van der Waals surface area contributed by atoms with Gasteiger partial charge >= 0.3 is 0 Å². The number of carbonyl (C=O) groups excluding carboxylic acids is 4. The van der Waals surface area contributed by atoms with Crippen LogP contribution in [0.15, 0.2) is 0 Å². The molecule has 2 N–H and O–H groups in total. The maximum Gasteiger partial charge on any atom is 0.224 e. The molecule has 9 rings (SSSR count). The Morgan fingerprint density at radius 1 is 0.615 bits per heavy atom. The average Bonchev–Trinajstić information content (AvgIpc) is 3.05. The predicted octanol–water partition coefficient (Wildman–Crippen LogP) is 7.07. The van der Waals surface area contributed by atoms with Gasteiger partial charge < -0.3 is 20.1 Å². The van der Waals surface area contributed by atoms with E-state index in [-0.39, 0.29) is 92.0 Å². The van der Waals surface area contributed by atoms with Crippen LogP contribution < -0.4 is 10.6 Å². The second-order valence-electron chi connectivity index (χ2n) is 18.4. The molecule has 2 amide bonds. The van der Waals surface area contributed by atoms with Crippen LogP contribution in [-0.4, -0.2) is 89.0 Å². The Balaban J connectivity index is 0.797. The van der Waals surface area contributed by atoms with Gasteiger partial charge in [0.1, 0.15) is 18.4 Å². The molecule has 0 saturated heterocycles. The minimum absolute atomic E-state index is 0.0187. The number of Topliss-reactive ketones (excluding diaryl/α,β-unsaturated/α-hetero) is 2. The lowest BCUT2D eigenvalue weighted by molar-refractivity contribution is -0.134. The zero-order valence-electron chi connectivity index (χ0n) is 31.7. The van der Waals surface area contributed by atoms with Gasteiger partial charge in [-0.05, 0) is 138 Å². The molecule has 0 aromatic heterocycles. The summed E-state index contributed by atoms with van der Waals surface area (Å²) in [5, 5.41) is 8.26. The van der Waals surface area contributed by atoms with Crippen LogP contribution in [0.3, 0.4) is 0 Å². The molecule has 11 heteroatoms. The van der Waals surface area contributed by atoms with Crippen molar-refractivity contribution in [3.05, 3.63) is 0 Å². The monoisotopic (exact) mass is 776 g/mol. The summed E-state index contributed by atoms with van der Waals surface area (Å²) in [6, 6.07) is 0. The lowest BCUT2D eigenvalue weighted by Gasteiger charge is -2.57. The van der Waals surface area contributed by atoms with E-state index >= 15 is 0 Å². The van der Waals surface area contributed by atoms with Crippen molar-refractivity contribution in [2.45, 2.75) is 137 Å². The van der Waals surface area contributed by atoms with Crippen LogP contribution in [0.4, 0.5) is 0 Å². The highest BCUT2D eigenvalue weighted by Gasteiger charge is 2.53. The number of carbonyl (C=O) groups is 4. The zero-order valence-corrected chi connectivity index (χ0v) is 34.2. The van der Waals surface area contributed by atoms with Gasteiger partial charge in [-0.2, -0.15) is 35.3 Å². The van der Waals surface area contributed by atoms with E-state index in [9.17, 15) is 19.2 Å². The molecular formula is C41H64N2O6S3. The molecule has 0 radical (unpaired) electrons. The molecule has 0 aromatic carbocycles. The maximum absolute atomic E-state index is 13.8. The van der Waals surface area contributed by atoms with Crippen LogP contribution in [0.25, 0.3) is 0 Å². The van der Waals surface area contributed by atoms with Crippen LogP contribution >= 0.6 is 35.3 Å². The molecule has 9 aliphatic carbocycles. The Morgan fingerprint density at radius 2 is 1.02 bits per heavy atom. The van der Waals surface area contributed by atoms with Gasteiger partial charge in [0.15, 0.2) is 0 Å². The molecule has 0 aliphatic heterocycles.